The van der Waals surface area contributed by atoms with Crippen LogP contribution in [0.25, 0.3) is 0 Å². The number of carbonyl (C=O) groups is 2. The van der Waals surface area contributed by atoms with Crippen LogP contribution >= 0.6 is 0 Å². The average molecular weight is 228 g/mol. The van der Waals surface area contributed by atoms with Gasteiger partial charge in [0, 0.05) is 13.1 Å². The maximum Gasteiger partial charge on any atom is 0.329 e. The van der Waals surface area contributed by atoms with Crippen LogP contribution in [-0.2, 0) is 4.79 Å². The molecule has 2 N–H and O–H groups in total. The molecule has 1 saturated heterocycles. The van der Waals surface area contributed by atoms with Gasteiger partial charge in [0.2, 0.25) is 0 Å². The fraction of sp³-hybridized carbons (Fsp3) is 0.818. The lowest BCUT2D eigenvalue weighted by Crippen LogP contribution is -2.56. The molecule has 0 bridgehead atoms. The fourth-order valence-corrected chi connectivity index (χ4v) is 1.71. The summed E-state index contributed by atoms with van der Waals surface area (Å²) in [6.45, 7) is 4.75. The van der Waals surface area contributed by atoms with Gasteiger partial charge in [-0.25, -0.2) is 9.59 Å². The van der Waals surface area contributed by atoms with Gasteiger partial charge in [0.05, 0.1) is 0 Å². The van der Waals surface area contributed by atoms with Crippen molar-refractivity contribution in [3.63, 3.8) is 0 Å². The Morgan fingerprint density at radius 3 is 2.31 bits per heavy atom. The van der Waals surface area contributed by atoms with Crippen molar-refractivity contribution in [2.75, 3.05) is 13.1 Å². The third-order valence-electron chi connectivity index (χ3n) is 3.21. The van der Waals surface area contributed by atoms with E-state index in [1.54, 1.807) is 11.8 Å². The summed E-state index contributed by atoms with van der Waals surface area (Å²) < 4.78 is 0. The lowest BCUT2D eigenvalue weighted by molar-refractivity contribution is -0.143. The van der Waals surface area contributed by atoms with Gasteiger partial charge in [-0.2, -0.15) is 0 Å². The molecule has 1 heterocycles. The van der Waals surface area contributed by atoms with Crippen LogP contribution in [0.5, 0.6) is 0 Å². The highest BCUT2D eigenvalue weighted by molar-refractivity contribution is 5.85. The van der Waals surface area contributed by atoms with E-state index in [1.807, 2.05) is 0 Å². The van der Waals surface area contributed by atoms with Crippen molar-refractivity contribution < 1.29 is 14.7 Å². The van der Waals surface area contributed by atoms with E-state index in [-0.39, 0.29) is 6.03 Å². The molecule has 1 rings (SSSR count). The number of carboxylic acids is 1. The summed E-state index contributed by atoms with van der Waals surface area (Å²) in [6.07, 6.45) is 3.53. The largest absolute Gasteiger partial charge is 0.480 e. The first kappa shape index (κ1) is 12.8. The number of likely N-dealkylation sites (tertiary alicyclic amines) is 1. The number of hydrogen-bond acceptors (Lipinski definition) is 2. The topological polar surface area (TPSA) is 69.6 Å². The highest BCUT2D eigenvalue weighted by atomic mass is 16.4. The normalized spacial score (nSPS) is 20.0. The van der Waals surface area contributed by atoms with Gasteiger partial charge < -0.3 is 15.3 Å². The number of carbonyl (C=O) groups excluding carboxylic acids is 1. The van der Waals surface area contributed by atoms with Gasteiger partial charge in [-0.3, -0.25) is 0 Å². The number of carboxylic acid groups (broad SMARTS) is 1. The SMILES string of the molecule is CCC(C)(NC(=O)N1CCCCC1)C(=O)O. The van der Waals surface area contributed by atoms with Crippen LogP contribution in [-0.4, -0.2) is 40.6 Å². The monoisotopic (exact) mass is 228 g/mol. The van der Waals surface area contributed by atoms with Gasteiger partial charge >= 0.3 is 12.0 Å². The third-order valence-corrected chi connectivity index (χ3v) is 3.21. The molecule has 1 fully saturated rings. The predicted molar refractivity (Wildman–Crippen MR) is 60.3 cm³/mol. The fourth-order valence-electron chi connectivity index (χ4n) is 1.71. The van der Waals surface area contributed by atoms with E-state index in [4.69, 9.17) is 5.11 Å². The summed E-state index contributed by atoms with van der Waals surface area (Å²) in [5, 5.41) is 11.6. The van der Waals surface area contributed by atoms with Gasteiger partial charge in [0.15, 0.2) is 0 Å². The lowest BCUT2D eigenvalue weighted by Gasteiger charge is -2.32. The molecule has 1 unspecified atom stereocenters. The number of rotatable bonds is 3. The molecule has 0 aliphatic carbocycles. The summed E-state index contributed by atoms with van der Waals surface area (Å²) in [6, 6.07) is -0.258. The van der Waals surface area contributed by atoms with Gasteiger partial charge in [0.25, 0.3) is 0 Å². The minimum absolute atomic E-state index is 0.258. The molecule has 92 valence electrons. The summed E-state index contributed by atoms with van der Waals surface area (Å²) >= 11 is 0. The molecule has 0 radical (unpaired) electrons. The Labute approximate surface area is 95.8 Å². The number of nitrogens with zero attached hydrogens (tertiary/aromatic N) is 1. The Hall–Kier alpha value is -1.26. The van der Waals surface area contributed by atoms with Gasteiger partial charge in [-0.05, 0) is 32.6 Å². The van der Waals surface area contributed by atoms with Crippen molar-refractivity contribution in [1.82, 2.24) is 10.2 Å². The van der Waals surface area contributed by atoms with Crippen LogP contribution in [0.4, 0.5) is 4.79 Å². The van der Waals surface area contributed by atoms with E-state index in [9.17, 15) is 9.59 Å². The zero-order valence-electron chi connectivity index (χ0n) is 9.95. The van der Waals surface area contributed by atoms with E-state index in [1.165, 1.54) is 6.92 Å². The maximum atomic E-state index is 11.8. The number of nitrogens with one attached hydrogen (secondary N) is 1. The molecular weight excluding hydrogens is 208 g/mol. The van der Waals surface area contributed by atoms with E-state index < -0.39 is 11.5 Å². The molecule has 0 aromatic rings. The molecular formula is C11H20N2O3. The number of hydrogen-bond donors (Lipinski definition) is 2. The van der Waals surface area contributed by atoms with Crippen molar-refractivity contribution in [3.05, 3.63) is 0 Å². The summed E-state index contributed by atoms with van der Waals surface area (Å²) in [7, 11) is 0. The molecule has 0 aromatic heterocycles. The number of amides is 2. The van der Waals surface area contributed by atoms with Crippen molar-refractivity contribution in [1.29, 1.82) is 0 Å². The second-order valence-corrected chi connectivity index (χ2v) is 4.47. The first-order valence-electron chi connectivity index (χ1n) is 5.80. The maximum absolute atomic E-state index is 11.8. The smallest absolute Gasteiger partial charge is 0.329 e. The van der Waals surface area contributed by atoms with Crippen molar-refractivity contribution in [2.45, 2.75) is 45.1 Å². The first-order chi connectivity index (χ1) is 7.49. The summed E-state index contributed by atoms with van der Waals surface area (Å²) in [5.74, 6) is -0.986. The highest BCUT2D eigenvalue weighted by Gasteiger charge is 2.34. The van der Waals surface area contributed by atoms with Gasteiger partial charge in [0.1, 0.15) is 5.54 Å². The average Bonchev–Trinajstić information content (AvgIpc) is 2.29. The zero-order valence-corrected chi connectivity index (χ0v) is 9.95. The molecule has 16 heavy (non-hydrogen) atoms. The van der Waals surface area contributed by atoms with E-state index in [0.29, 0.717) is 6.42 Å². The molecule has 0 aromatic carbocycles. The number of aliphatic carboxylic acids is 1. The van der Waals surface area contributed by atoms with Crippen LogP contribution in [0.2, 0.25) is 0 Å². The van der Waals surface area contributed by atoms with Crippen LogP contribution in [0.15, 0.2) is 0 Å². The van der Waals surface area contributed by atoms with E-state index in [0.717, 1.165) is 32.4 Å². The highest BCUT2D eigenvalue weighted by Crippen LogP contribution is 2.13. The molecule has 1 aliphatic rings. The van der Waals surface area contributed by atoms with Crippen LogP contribution in [0.3, 0.4) is 0 Å². The van der Waals surface area contributed by atoms with Gasteiger partial charge in [-0.1, -0.05) is 6.92 Å². The molecule has 0 spiro atoms. The Morgan fingerprint density at radius 1 is 1.31 bits per heavy atom. The third kappa shape index (κ3) is 2.87. The van der Waals surface area contributed by atoms with Crippen molar-refractivity contribution in [2.24, 2.45) is 0 Å². The number of piperidine rings is 1. The lowest BCUT2D eigenvalue weighted by atomic mass is 9.99. The quantitative estimate of drug-likeness (QED) is 0.767. The minimum atomic E-state index is -1.16. The number of urea groups is 1. The van der Waals surface area contributed by atoms with E-state index >= 15 is 0 Å². The second-order valence-electron chi connectivity index (χ2n) is 4.47. The second kappa shape index (κ2) is 5.18. The van der Waals surface area contributed by atoms with Crippen molar-refractivity contribution >= 4 is 12.0 Å². The van der Waals surface area contributed by atoms with Crippen LogP contribution in [0, 0.1) is 0 Å². The zero-order chi connectivity index (χ0) is 12.2. The molecule has 5 heteroatoms. The minimum Gasteiger partial charge on any atom is -0.480 e. The molecule has 0 saturated carbocycles. The molecule has 2 amide bonds. The Morgan fingerprint density at radius 2 is 1.88 bits per heavy atom. The Kier molecular flexibility index (Phi) is 4.15. The summed E-state index contributed by atoms with van der Waals surface area (Å²) in [5.41, 5.74) is -1.16. The molecule has 5 nitrogen and oxygen atoms in total. The Bertz CT molecular complexity index is 274. The standard InChI is InChI=1S/C11H20N2O3/c1-3-11(2,9(14)15)12-10(16)13-7-5-4-6-8-13/h3-8H2,1-2H3,(H,12,16)(H,14,15). The van der Waals surface area contributed by atoms with Gasteiger partial charge in [-0.15, -0.1) is 0 Å². The predicted octanol–water partition coefficient (Wildman–Crippen LogP) is 1.44. The molecule has 1 aliphatic heterocycles. The molecule has 1 atom stereocenters. The van der Waals surface area contributed by atoms with Crippen LogP contribution in [0.1, 0.15) is 39.5 Å². The summed E-state index contributed by atoms with van der Waals surface area (Å²) in [4.78, 5) is 24.6. The first-order valence-corrected chi connectivity index (χ1v) is 5.80. The van der Waals surface area contributed by atoms with E-state index in [2.05, 4.69) is 5.32 Å². The van der Waals surface area contributed by atoms with Crippen molar-refractivity contribution in [3.8, 4) is 0 Å². The Balaban J connectivity index is 2.57. The van der Waals surface area contributed by atoms with Crippen LogP contribution < -0.4 is 5.32 Å².